The molecule has 2 rings (SSSR count). The number of hydrazine groups is 1. The van der Waals surface area contributed by atoms with E-state index in [0.717, 1.165) is 25.5 Å². The molecule has 1 atom stereocenters. The maximum atomic E-state index is 12.5. The smallest absolute Gasteiger partial charge is 0.318 e. The standard InChI is InChI=1S/C12H16F3N3/c1-9-4-2-3-7-18(9)17-10-5-6-16-11(8-10)12(13,14)15/h5-6,8-9H,2-4,7H2,1H3,(H,16,17). The van der Waals surface area contributed by atoms with Gasteiger partial charge in [0, 0.05) is 18.8 Å². The number of aromatic nitrogens is 1. The van der Waals surface area contributed by atoms with Gasteiger partial charge in [-0.2, -0.15) is 13.2 Å². The number of hydrogen-bond acceptors (Lipinski definition) is 3. The average molecular weight is 259 g/mol. The lowest BCUT2D eigenvalue weighted by Crippen LogP contribution is -2.41. The lowest BCUT2D eigenvalue weighted by Gasteiger charge is -2.34. The molecule has 2 heterocycles. The summed E-state index contributed by atoms with van der Waals surface area (Å²) in [5.41, 5.74) is 2.61. The maximum absolute atomic E-state index is 12.5. The third-order valence-electron chi connectivity index (χ3n) is 3.13. The number of hydrogen-bond donors (Lipinski definition) is 1. The predicted molar refractivity (Wildman–Crippen MR) is 62.9 cm³/mol. The summed E-state index contributed by atoms with van der Waals surface area (Å²) in [6, 6.07) is 2.93. The highest BCUT2D eigenvalue weighted by molar-refractivity contribution is 5.43. The van der Waals surface area contributed by atoms with Crippen LogP contribution in [0.5, 0.6) is 0 Å². The third kappa shape index (κ3) is 3.13. The van der Waals surface area contributed by atoms with Crippen LogP contribution in [0.1, 0.15) is 31.9 Å². The number of nitrogens with one attached hydrogen (secondary N) is 1. The molecule has 100 valence electrons. The summed E-state index contributed by atoms with van der Waals surface area (Å²) in [6.45, 7) is 2.92. The Balaban J connectivity index is 2.09. The zero-order valence-electron chi connectivity index (χ0n) is 10.2. The van der Waals surface area contributed by atoms with Crippen molar-refractivity contribution < 1.29 is 13.2 Å². The molecule has 0 spiro atoms. The minimum absolute atomic E-state index is 0.334. The molecule has 0 radical (unpaired) electrons. The van der Waals surface area contributed by atoms with E-state index in [1.165, 1.54) is 12.6 Å². The topological polar surface area (TPSA) is 28.2 Å². The van der Waals surface area contributed by atoms with E-state index in [-0.39, 0.29) is 0 Å². The van der Waals surface area contributed by atoms with E-state index in [2.05, 4.69) is 17.3 Å². The summed E-state index contributed by atoms with van der Waals surface area (Å²) in [6.07, 6.45) is 0.0766. The Morgan fingerprint density at radius 3 is 2.83 bits per heavy atom. The highest BCUT2D eigenvalue weighted by Gasteiger charge is 2.32. The van der Waals surface area contributed by atoms with Crippen LogP contribution >= 0.6 is 0 Å². The van der Waals surface area contributed by atoms with Crippen molar-refractivity contribution in [3.63, 3.8) is 0 Å². The summed E-state index contributed by atoms with van der Waals surface area (Å²) in [5.74, 6) is 0. The molecule has 0 aromatic carbocycles. The lowest BCUT2D eigenvalue weighted by atomic mass is 10.1. The van der Waals surface area contributed by atoms with Gasteiger partial charge in [0.25, 0.3) is 0 Å². The van der Waals surface area contributed by atoms with Gasteiger partial charge in [-0.1, -0.05) is 6.42 Å². The predicted octanol–water partition coefficient (Wildman–Crippen LogP) is 3.30. The molecule has 1 aromatic heterocycles. The normalized spacial score (nSPS) is 21.9. The van der Waals surface area contributed by atoms with Gasteiger partial charge in [-0.05, 0) is 31.9 Å². The van der Waals surface area contributed by atoms with E-state index in [0.29, 0.717) is 11.7 Å². The minimum Gasteiger partial charge on any atom is -0.318 e. The van der Waals surface area contributed by atoms with Gasteiger partial charge in [0.1, 0.15) is 5.69 Å². The number of halogens is 3. The number of piperidine rings is 1. The van der Waals surface area contributed by atoms with Crippen LogP contribution in [-0.2, 0) is 6.18 Å². The first kappa shape index (κ1) is 13.1. The van der Waals surface area contributed by atoms with Crippen molar-refractivity contribution in [3.8, 4) is 0 Å². The van der Waals surface area contributed by atoms with Crippen LogP contribution < -0.4 is 5.43 Å². The van der Waals surface area contributed by atoms with Crippen LogP contribution in [0.25, 0.3) is 0 Å². The first-order valence-corrected chi connectivity index (χ1v) is 6.03. The zero-order valence-corrected chi connectivity index (χ0v) is 10.2. The Morgan fingerprint density at radius 2 is 2.17 bits per heavy atom. The molecule has 1 aliphatic heterocycles. The molecule has 1 saturated heterocycles. The van der Waals surface area contributed by atoms with E-state index in [9.17, 15) is 13.2 Å². The molecule has 0 amide bonds. The van der Waals surface area contributed by atoms with Crippen LogP contribution in [-0.4, -0.2) is 22.6 Å². The van der Waals surface area contributed by atoms with Gasteiger partial charge in [-0.15, -0.1) is 0 Å². The average Bonchev–Trinajstić information content (AvgIpc) is 2.31. The second-order valence-corrected chi connectivity index (χ2v) is 4.58. The minimum atomic E-state index is -4.40. The van der Waals surface area contributed by atoms with E-state index in [4.69, 9.17) is 0 Å². The molecule has 1 fully saturated rings. The Hall–Kier alpha value is -1.30. The third-order valence-corrected chi connectivity index (χ3v) is 3.13. The molecule has 6 heteroatoms. The molecule has 1 N–H and O–H groups in total. The maximum Gasteiger partial charge on any atom is 0.433 e. The lowest BCUT2D eigenvalue weighted by molar-refractivity contribution is -0.141. The quantitative estimate of drug-likeness (QED) is 0.883. The second-order valence-electron chi connectivity index (χ2n) is 4.58. The monoisotopic (exact) mass is 259 g/mol. The van der Waals surface area contributed by atoms with E-state index >= 15 is 0 Å². The van der Waals surface area contributed by atoms with E-state index < -0.39 is 11.9 Å². The molecular formula is C12H16F3N3. The zero-order chi connectivity index (χ0) is 13.2. The van der Waals surface area contributed by atoms with Gasteiger partial charge < -0.3 is 5.43 Å². The van der Waals surface area contributed by atoms with Gasteiger partial charge >= 0.3 is 6.18 Å². The summed E-state index contributed by atoms with van der Waals surface area (Å²) < 4.78 is 37.6. The molecule has 1 unspecified atom stereocenters. The SMILES string of the molecule is CC1CCCCN1Nc1ccnc(C(F)(F)F)c1. The Morgan fingerprint density at radius 1 is 1.39 bits per heavy atom. The van der Waals surface area contributed by atoms with Gasteiger partial charge in [0.05, 0.1) is 5.69 Å². The second kappa shape index (κ2) is 5.14. The van der Waals surface area contributed by atoms with Crippen LogP contribution in [0.4, 0.5) is 18.9 Å². The number of anilines is 1. The van der Waals surface area contributed by atoms with Crippen LogP contribution in [0.3, 0.4) is 0 Å². The molecular weight excluding hydrogens is 243 g/mol. The highest BCUT2D eigenvalue weighted by atomic mass is 19.4. The summed E-state index contributed by atoms with van der Waals surface area (Å²) in [5, 5.41) is 1.99. The van der Waals surface area contributed by atoms with E-state index in [1.54, 1.807) is 6.07 Å². The fourth-order valence-corrected chi connectivity index (χ4v) is 2.09. The van der Waals surface area contributed by atoms with Gasteiger partial charge in [-0.3, -0.25) is 4.98 Å². The first-order chi connectivity index (χ1) is 8.47. The Kier molecular flexibility index (Phi) is 3.75. The van der Waals surface area contributed by atoms with Crippen molar-refractivity contribution in [2.24, 2.45) is 0 Å². The number of nitrogens with zero attached hydrogens (tertiary/aromatic N) is 2. The molecule has 0 aliphatic carbocycles. The van der Waals surface area contributed by atoms with Crippen molar-refractivity contribution in [3.05, 3.63) is 24.0 Å². The number of alkyl halides is 3. The first-order valence-electron chi connectivity index (χ1n) is 6.03. The summed E-state index contributed by atoms with van der Waals surface area (Å²) in [4.78, 5) is 3.34. The molecule has 1 aromatic rings. The number of pyridine rings is 1. The van der Waals surface area contributed by atoms with Crippen LogP contribution in [0, 0.1) is 0 Å². The molecule has 0 bridgehead atoms. The molecule has 3 nitrogen and oxygen atoms in total. The fourth-order valence-electron chi connectivity index (χ4n) is 2.09. The van der Waals surface area contributed by atoms with Crippen LogP contribution in [0.2, 0.25) is 0 Å². The van der Waals surface area contributed by atoms with Crippen molar-refractivity contribution in [2.45, 2.75) is 38.4 Å². The van der Waals surface area contributed by atoms with Crippen molar-refractivity contribution >= 4 is 5.69 Å². The van der Waals surface area contributed by atoms with Gasteiger partial charge in [-0.25, -0.2) is 5.01 Å². The largest absolute Gasteiger partial charge is 0.433 e. The Labute approximate surface area is 104 Å². The Bertz CT molecular complexity index is 406. The summed E-state index contributed by atoms with van der Waals surface area (Å²) >= 11 is 0. The highest BCUT2D eigenvalue weighted by Crippen LogP contribution is 2.29. The molecule has 1 aliphatic rings. The van der Waals surface area contributed by atoms with E-state index in [1.807, 2.05) is 5.01 Å². The van der Waals surface area contributed by atoms with Crippen molar-refractivity contribution in [2.75, 3.05) is 12.0 Å². The fraction of sp³-hybridized carbons (Fsp3) is 0.583. The van der Waals surface area contributed by atoms with Gasteiger partial charge in [0.2, 0.25) is 0 Å². The number of rotatable bonds is 2. The van der Waals surface area contributed by atoms with Crippen molar-refractivity contribution in [1.82, 2.24) is 9.99 Å². The molecule has 0 saturated carbocycles. The van der Waals surface area contributed by atoms with Crippen molar-refractivity contribution in [1.29, 1.82) is 0 Å². The molecule has 18 heavy (non-hydrogen) atoms. The summed E-state index contributed by atoms with van der Waals surface area (Å²) in [7, 11) is 0. The van der Waals surface area contributed by atoms with Gasteiger partial charge in [0.15, 0.2) is 0 Å². The van der Waals surface area contributed by atoms with Crippen LogP contribution in [0.15, 0.2) is 18.3 Å².